The van der Waals surface area contributed by atoms with Gasteiger partial charge in [-0.15, -0.1) is 11.3 Å². The lowest BCUT2D eigenvalue weighted by atomic mass is 10.2. The molecule has 1 unspecified atom stereocenters. The number of hydrogen-bond acceptors (Lipinski definition) is 5. The van der Waals surface area contributed by atoms with Crippen molar-refractivity contribution in [3.63, 3.8) is 0 Å². The first-order chi connectivity index (χ1) is 9.19. The molecule has 2 heterocycles. The van der Waals surface area contributed by atoms with Gasteiger partial charge in [-0.05, 0) is 27.4 Å². The Morgan fingerprint density at radius 2 is 2.47 bits per heavy atom. The number of rotatable bonds is 6. The van der Waals surface area contributed by atoms with Gasteiger partial charge in [-0.1, -0.05) is 11.6 Å². The van der Waals surface area contributed by atoms with E-state index in [0.717, 1.165) is 15.0 Å². The molecule has 5 nitrogen and oxygen atoms in total. The highest BCUT2D eigenvalue weighted by Gasteiger charge is 2.23. The number of ether oxygens (including phenoxy) is 1. The molecule has 2 rings (SSSR count). The molecule has 0 saturated heterocycles. The lowest BCUT2D eigenvalue weighted by Crippen LogP contribution is -2.31. The van der Waals surface area contributed by atoms with E-state index in [-0.39, 0.29) is 6.04 Å². The van der Waals surface area contributed by atoms with Crippen molar-refractivity contribution in [2.75, 3.05) is 13.7 Å². The molecule has 1 atom stereocenters. The van der Waals surface area contributed by atoms with Crippen LogP contribution in [-0.2, 0) is 11.3 Å². The summed E-state index contributed by atoms with van der Waals surface area (Å²) in [6, 6.07) is 1.77. The lowest BCUT2D eigenvalue weighted by molar-refractivity contribution is 0.182. The molecule has 0 fully saturated rings. The van der Waals surface area contributed by atoms with Crippen LogP contribution in [0.3, 0.4) is 0 Å². The normalized spacial score (nSPS) is 12.8. The van der Waals surface area contributed by atoms with Crippen LogP contribution in [0.25, 0.3) is 0 Å². The first kappa shape index (κ1) is 15.0. The second-order valence-electron chi connectivity index (χ2n) is 3.83. The average molecular weight is 366 g/mol. The van der Waals surface area contributed by atoms with Gasteiger partial charge in [0, 0.05) is 16.5 Å². The Labute approximate surface area is 128 Å². The number of nitrogens with two attached hydrogens (primary N) is 1. The molecule has 0 aliphatic rings. The zero-order chi connectivity index (χ0) is 13.8. The molecule has 0 saturated carbocycles. The van der Waals surface area contributed by atoms with Crippen LogP contribution in [0, 0.1) is 0 Å². The smallest absolute Gasteiger partial charge is 0.0996 e. The molecule has 0 spiro atoms. The van der Waals surface area contributed by atoms with Crippen LogP contribution in [-0.4, -0.2) is 23.5 Å². The summed E-state index contributed by atoms with van der Waals surface area (Å²) in [5.74, 6) is 5.70. The maximum absolute atomic E-state index is 6.24. The lowest BCUT2D eigenvalue weighted by Gasteiger charge is -2.17. The van der Waals surface area contributed by atoms with Gasteiger partial charge in [0.2, 0.25) is 0 Å². The predicted octanol–water partition coefficient (Wildman–Crippen LogP) is 2.56. The van der Waals surface area contributed by atoms with E-state index >= 15 is 0 Å². The Bertz CT molecular complexity index is 545. The number of hydrazine groups is 1. The van der Waals surface area contributed by atoms with Crippen molar-refractivity contribution < 1.29 is 4.74 Å². The number of nitrogens with one attached hydrogen (secondary N) is 1. The third-order valence-electron chi connectivity index (χ3n) is 2.69. The highest BCUT2D eigenvalue weighted by atomic mass is 79.9. The Balaban J connectivity index is 2.38. The monoisotopic (exact) mass is 364 g/mol. The maximum atomic E-state index is 6.24. The van der Waals surface area contributed by atoms with E-state index < -0.39 is 0 Å². The summed E-state index contributed by atoms with van der Waals surface area (Å²) in [7, 11) is 1.65. The van der Waals surface area contributed by atoms with Crippen molar-refractivity contribution in [1.29, 1.82) is 0 Å². The summed E-state index contributed by atoms with van der Waals surface area (Å²) >= 11 is 11.4. The minimum absolute atomic E-state index is 0.207. The Morgan fingerprint density at radius 1 is 1.68 bits per heavy atom. The number of halogens is 2. The van der Waals surface area contributed by atoms with Gasteiger partial charge in [0.15, 0.2) is 0 Å². The zero-order valence-corrected chi connectivity index (χ0v) is 13.4. The van der Waals surface area contributed by atoms with Crippen LogP contribution in [0.1, 0.15) is 16.6 Å². The number of methoxy groups -OCH3 is 1. The molecule has 0 aliphatic heterocycles. The molecule has 0 aliphatic carbocycles. The van der Waals surface area contributed by atoms with Crippen LogP contribution in [0.15, 0.2) is 22.1 Å². The maximum Gasteiger partial charge on any atom is 0.0996 e. The van der Waals surface area contributed by atoms with Crippen molar-refractivity contribution >= 4 is 38.9 Å². The van der Waals surface area contributed by atoms with E-state index in [0.29, 0.717) is 18.2 Å². The average Bonchev–Trinajstić information content (AvgIpc) is 2.97. The Morgan fingerprint density at radius 3 is 3.05 bits per heavy atom. The highest BCUT2D eigenvalue weighted by Crippen LogP contribution is 2.35. The largest absolute Gasteiger partial charge is 0.383 e. The first-order valence-corrected chi connectivity index (χ1v) is 7.63. The van der Waals surface area contributed by atoms with Gasteiger partial charge in [0.1, 0.15) is 0 Å². The van der Waals surface area contributed by atoms with Crippen molar-refractivity contribution in [3.8, 4) is 0 Å². The summed E-state index contributed by atoms with van der Waals surface area (Å²) in [5, 5.41) is 6.84. The van der Waals surface area contributed by atoms with Crippen molar-refractivity contribution in [3.05, 3.63) is 37.7 Å². The first-order valence-electron chi connectivity index (χ1n) is 5.58. The van der Waals surface area contributed by atoms with E-state index in [1.165, 1.54) is 0 Å². The summed E-state index contributed by atoms with van der Waals surface area (Å²) in [5.41, 5.74) is 3.64. The minimum atomic E-state index is -0.207. The predicted molar refractivity (Wildman–Crippen MR) is 80.3 cm³/mol. The van der Waals surface area contributed by atoms with Crippen LogP contribution in [0.2, 0.25) is 5.02 Å². The van der Waals surface area contributed by atoms with E-state index in [9.17, 15) is 0 Å². The molecule has 2 aromatic rings. The summed E-state index contributed by atoms with van der Waals surface area (Å²) < 4.78 is 7.88. The number of hydrogen-bond donors (Lipinski definition) is 2. The number of aromatic nitrogens is 2. The Kier molecular flexibility index (Phi) is 5.37. The number of thiophene rings is 1. The molecule has 0 bridgehead atoms. The zero-order valence-electron chi connectivity index (χ0n) is 10.3. The third kappa shape index (κ3) is 3.18. The minimum Gasteiger partial charge on any atom is -0.383 e. The van der Waals surface area contributed by atoms with Gasteiger partial charge >= 0.3 is 0 Å². The molecule has 2 aromatic heterocycles. The van der Waals surface area contributed by atoms with Gasteiger partial charge in [-0.2, -0.15) is 5.10 Å². The number of nitrogens with zero attached hydrogens (tertiary/aromatic N) is 2. The molecule has 0 aromatic carbocycles. The molecular formula is C11H14BrClN4OS. The van der Waals surface area contributed by atoms with Gasteiger partial charge in [-0.25, -0.2) is 5.43 Å². The fraction of sp³-hybridized carbons (Fsp3) is 0.364. The summed E-state index contributed by atoms with van der Waals surface area (Å²) in [4.78, 5) is 1.06. The summed E-state index contributed by atoms with van der Waals surface area (Å²) in [6.45, 7) is 1.19. The molecule has 0 radical (unpaired) electrons. The second-order valence-corrected chi connectivity index (χ2v) is 6.04. The summed E-state index contributed by atoms with van der Waals surface area (Å²) in [6.07, 6.45) is 1.62. The van der Waals surface area contributed by atoms with Crippen LogP contribution >= 0.6 is 38.9 Å². The second kappa shape index (κ2) is 6.83. The van der Waals surface area contributed by atoms with Crippen LogP contribution < -0.4 is 11.3 Å². The molecule has 19 heavy (non-hydrogen) atoms. The Hall–Kier alpha value is -0.440. The molecule has 104 valence electrons. The van der Waals surface area contributed by atoms with Crippen molar-refractivity contribution in [1.82, 2.24) is 15.2 Å². The van der Waals surface area contributed by atoms with Gasteiger partial charge < -0.3 is 4.74 Å². The van der Waals surface area contributed by atoms with E-state index in [2.05, 4.69) is 26.5 Å². The topological polar surface area (TPSA) is 65.1 Å². The van der Waals surface area contributed by atoms with Gasteiger partial charge in [-0.3, -0.25) is 10.5 Å². The van der Waals surface area contributed by atoms with E-state index in [1.54, 1.807) is 24.6 Å². The highest BCUT2D eigenvalue weighted by molar-refractivity contribution is 9.10. The molecule has 8 heteroatoms. The molecular weight excluding hydrogens is 352 g/mol. The van der Waals surface area contributed by atoms with Crippen molar-refractivity contribution in [2.24, 2.45) is 5.84 Å². The molecule has 0 amide bonds. The van der Waals surface area contributed by atoms with Gasteiger partial charge in [0.05, 0.1) is 36.1 Å². The van der Waals surface area contributed by atoms with Crippen molar-refractivity contribution in [2.45, 2.75) is 12.6 Å². The van der Waals surface area contributed by atoms with Crippen LogP contribution in [0.4, 0.5) is 0 Å². The quantitative estimate of drug-likeness (QED) is 0.610. The van der Waals surface area contributed by atoms with Gasteiger partial charge in [0.25, 0.3) is 0 Å². The fourth-order valence-corrected chi connectivity index (χ4v) is 3.72. The molecule has 3 N–H and O–H groups in total. The standard InChI is InChI=1S/C11H14BrClN4OS/c1-18-4-3-17-10(8(13)6-15-17)9(16-14)11-7(12)2-5-19-11/h2,5-6,9,16H,3-4,14H2,1H3. The fourth-order valence-electron chi connectivity index (χ4n) is 1.81. The van der Waals surface area contributed by atoms with Crippen LogP contribution in [0.5, 0.6) is 0 Å². The third-order valence-corrected chi connectivity index (χ3v) is 4.91. The van der Waals surface area contributed by atoms with E-state index in [1.807, 2.05) is 16.1 Å². The van der Waals surface area contributed by atoms with E-state index in [4.69, 9.17) is 22.2 Å². The SMILES string of the molecule is COCCn1ncc(Cl)c1C(NN)c1sccc1Br.